The van der Waals surface area contributed by atoms with Gasteiger partial charge in [0.2, 0.25) is 0 Å². The Morgan fingerprint density at radius 3 is 2.56 bits per heavy atom. The predicted octanol–water partition coefficient (Wildman–Crippen LogP) is 3.55. The van der Waals surface area contributed by atoms with Gasteiger partial charge in [-0.2, -0.15) is 0 Å². The topological polar surface area (TPSA) is 24.1 Å². The zero-order valence-corrected chi connectivity index (χ0v) is 10.9. The maximum absolute atomic E-state index is 4.03. The molecule has 0 saturated carbocycles. The van der Waals surface area contributed by atoms with E-state index in [1.54, 1.807) is 0 Å². The van der Waals surface area contributed by atoms with E-state index in [0.717, 1.165) is 18.5 Å². The summed E-state index contributed by atoms with van der Waals surface area (Å²) in [5, 5.41) is 0. The molecule has 0 fully saturated rings. The van der Waals surface area contributed by atoms with E-state index in [1.165, 1.54) is 12.8 Å². The summed E-state index contributed by atoms with van der Waals surface area (Å²) in [7, 11) is 1.86. The van der Waals surface area contributed by atoms with E-state index in [4.69, 9.17) is 0 Å². The standard InChI is InChI=1S/C14H26N2/c1-5-7-8-9-10-12-14(11-6-2)13(3)16-15-4/h6,8-9,11,14-16H,3,5,7,10,12H2,1-2,4H3/b9-8-,11-6?. The molecular formula is C14H26N2. The summed E-state index contributed by atoms with van der Waals surface area (Å²) in [5.74, 6) is 0.406. The smallest absolute Gasteiger partial charge is 0.0258 e. The quantitative estimate of drug-likeness (QED) is 0.460. The molecule has 0 bridgehead atoms. The largest absolute Gasteiger partial charge is 0.326 e. The molecule has 0 heterocycles. The number of nitrogens with one attached hydrogen (secondary N) is 2. The molecule has 0 aromatic rings. The molecule has 2 nitrogen and oxygen atoms in total. The van der Waals surface area contributed by atoms with Gasteiger partial charge in [-0.3, -0.25) is 0 Å². The van der Waals surface area contributed by atoms with Gasteiger partial charge in [-0.05, 0) is 26.2 Å². The van der Waals surface area contributed by atoms with Crippen LogP contribution in [0.4, 0.5) is 0 Å². The fraction of sp³-hybridized carbons (Fsp3) is 0.571. The molecule has 0 spiro atoms. The van der Waals surface area contributed by atoms with Gasteiger partial charge in [0.15, 0.2) is 0 Å². The Kier molecular flexibility index (Phi) is 9.83. The van der Waals surface area contributed by atoms with E-state index in [0.29, 0.717) is 5.92 Å². The molecule has 0 aliphatic heterocycles. The van der Waals surface area contributed by atoms with E-state index in [2.05, 4.69) is 48.7 Å². The normalized spacial score (nSPS) is 13.4. The van der Waals surface area contributed by atoms with Gasteiger partial charge < -0.3 is 5.43 Å². The Balaban J connectivity index is 3.98. The number of hydrogen-bond donors (Lipinski definition) is 2. The first-order chi connectivity index (χ1) is 7.76. The van der Waals surface area contributed by atoms with Crippen molar-refractivity contribution < 1.29 is 0 Å². The van der Waals surface area contributed by atoms with Gasteiger partial charge in [-0.25, -0.2) is 5.43 Å². The minimum atomic E-state index is 0.406. The number of rotatable bonds is 9. The maximum atomic E-state index is 4.03. The highest BCUT2D eigenvalue weighted by atomic mass is 15.3. The Hall–Kier alpha value is -1.02. The third-order valence-electron chi connectivity index (χ3n) is 2.42. The summed E-state index contributed by atoms with van der Waals surface area (Å²) in [6.45, 7) is 8.28. The number of allylic oxidation sites excluding steroid dienone is 4. The highest BCUT2D eigenvalue weighted by molar-refractivity contribution is 5.07. The van der Waals surface area contributed by atoms with Crippen molar-refractivity contribution in [3.63, 3.8) is 0 Å². The third-order valence-corrected chi connectivity index (χ3v) is 2.42. The highest BCUT2D eigenvalue weighted by Gasteiger charge is 2.06. The molecule has 0 saturated heterocycles. The van der Waals surface area contributed by atoms with Gasteiger partial charge in [0.1, 0.15) is 0 Å². The maximum Gasteiger partial charge on any atom is 0.0258 e. The zero-order valence-electron chi connectivity index (χ0n) is 10.9. The SMILES string of the molecule is C=C(NNC)C(C=CC)CC/C=C\CCC. The van der Waals surface area contributed by atoms with Crippen molar-refractivity contribution in [3.8, 4) is 0 Å². The molecule has 2 N–H and O–H groups in total. The summed E-state index contributed by atoms with van der Waals surface area (Å²) in [6, 6.07) is 0. The van der Waals surface area contributed by atoms with E-state index in [-0.39, 0.29) is 0 Å². The van der Waals surface area contributed by atoms with Crippen LogP contribution in [0.1, 0.15) is 39.5 Å². The molecule has 0 radical (unpaired) electrons. The van der Waals surface area contributed by atoms with Crippen molar-refractivity contribution >= 4 is 0 Å². The van der Waals surface area contributed by atoms with E-state index in [9.17, 15) is 0 Å². The molecule has 0 rings (SSSR count). The molecular weight excluding hydrogens is 196 g/mol. The van der Waals surface area contributed by atoms with Crippen LogP contribution < -0.4 is 10.9 Å². The number of hydrogen-bond acceptors (Lipinski definition) is 2. The predicted molar refractivity (Wildman–Crippen MR) is 72.9 cm³/mol. The molecule has 1 unspecified atom stereocenters. The van der Waals surface area contributed by atoms with E-state index in [1.807, 2.05) is 14.0 Å². The summed E-state index contributed by atoms with van der Waals surface area (Å²) in [5.41, 5.74) is 7.01. The molecule has 92 valence electrons. The van der Waals surface area contributed by atoms with Crippen LogP contribution >= 0.6 is 0 Å². The van der Waals surface area contributed by atoms with Gasteiger partial charge in [-0.1, -0.05) is 44.2 Å². The van der Waals surface area contributed by atoms with Crippen LogP contribution in [0.3, 0.4) is 0 Å². The van der Waals surface area contributed by atoms with Crippen LogP contribution in [0.5, 0.6) is 0 Å². The van der Waals surface area contributed by atoms with Crippen LogP contribution in [-0.4, -0.2) is 7.05 Å². The Morgan fingerprint density at radius 1 is 1.31 bits per heavy atom. The van der Waals surface area contributed by atoms with Crippen molar-refractivity contribution in [2.24, 2.45) is 5.92 Å². The molecule has 2 heteroatoms. The Labute approximate surface area is 100 Å². The van der Waals surface area contributed by atoms with Crippen LogP contribution in [0.15, 0.2) is 36.6 Å². The zero-order chi connectivity index (χ0) is 12.2. The second kappa shape index (κ2) is 10.5. The van der Waals surface area contributed by atoms with Crippen molar-refractivity contribution in [1.29, 1.82) is 0 Å². The van der Waals surface area contributed by atoms with Crippen LogP contribution in [0, 0.1) is 5.92 Å². The summed E-state index contributed by atoms with van der Waals surface area (Å²) in [6.07, 6.45) is 13.4. The molecule has 0 aliphatic rings. The van der Waals surface area contributed by atoms with Crippen molar-refractivity contribution in [2.45, 2.75) is 39.5 Å². The van der Waals surface area contributed by atoms with Crippen molar-refractivity contribution in [2.75, 3.05) is 7.05 Å². The minimum Gasteiger partial charge on any atom is -0.326 e. The lowest BCUT2D eigenvalue weighted by Crippen LogP contribution is -2.29. The Bertz CT molecular complexity index is 229. The molecule has 0 aliphatic carbocycles. The molecule has 16 heavy (non-hydrogen) atoms. The molecule has 0 aromatic heterocycles. The minimum absolute atomic E-state index is 0.406. The first-order valence-electron chi connectivity index (χ1n) is 6.15. The number of unbranched alkanes of at least 4 members (excludes halogenated alkanes) is 1. The lowest BCUT2D eigenvalue weighted by atomic mass is 9.99. The fourth-order valence-electron chi connectivity index (χ4n) is 1.55. The van der Waals surface area contributed by atoms with Crippen LogP contribution in [-0.2, 0) is 0 Å². The highest BCUT2D eigenvalue weighted by Crippen LogP contribution is 2.15. The van der Waals surface area contributed by atoms with Gasteiger partial charge in [0.05, 0.1) is 0 Å². The summed E-state index contributed by atoms with van der Waals surface area (Å²) in [4.78, 5) is 0. The van der Waals surface area contributed by atoms with Gasteiger partial charge in [-0.15, -0.1) is 0 Å². The van der Waals surface area contributed by atoms with Gasteiger partial charge in [0.25, 0.3) is 0 Å². The molecule has 0 aromatic carbocycles. The first kappa shape index (κ1) is 15.0. The second-order valence-electron chi connectivity index (χ2n) is 3.87. The van der Waals surface area contributed by atoms with Crippen LogP contribution in [0.25, 0.3) is 0 Å². The summed E-state index contributed by atoms with van der Waals surface area (Å²) >= 11 is 0. The van der Waals surface area contributed by atoms with Crippen molar-refractivity contribution in [3.05, 3.63) is 36.6 Å². The Morgan fingerprint density at radius 2 is 2.00 bits per heavy atom. The van der Waals surface area contributed by atoms with E-state index < -0.39 is 0 Å². The second-order valence-corrected chi connectivity index (χ2v) is 3.87. The first-order valence-corrected chi connectivity index (χ1v) is 6.15. The lowest BCUT2D eigenvalue weighted by molar-refractivity contribution is 0.574. The monoisotopic (exact) mass is 222 g/mol. The average molecular weight is 222 g/mol. The molecule has 1 atom stereocenters. The summed E-state index contributed by atoms with van der Waals surface area (Å²) < 4.78 is 0. The molecule has 0 amide bonds. The van der Waals surface area contributed by atoms with Gasteiger partial charge in [0, 0.05) is 18.7 Å². The number of hydrazine groups is 1. The van der Waals surface area contributed by atoms with Crippen LogP contribution in [0.2, 0.25) is 0 Å². The fourth-order valence-corrected chi connectivity index (χ4v) is 1.55. The average Bonchev–Trinajstić information content (AvgIpc) is 2.27. The van der Waals surface area contributed by atoms with Crippen molar-refractivity contribution in [1.82, 2.24) is 10.9 Å². The lowest BCUT2D eigenvalue weighted by Gasteiger charge is -2.16. The van der Waals surface area contributed by atoms with Gasteiger partial charge >= 0.3 is 0 Å². The third kappa shape index (κ3) is 7.30. The van der Waals surface area contributed by atoms with E-state index >= 15 is 0 Å².